The Bertz CT molecular complexity index is 717. The second-order valence-electron chi connectivity index (χ2n) is 4.24. The van der Waals surface area contributed by atoms with Crippen LogP contribution in [0, 0.1) is 0 Å². The molecule has 0 aliphatic heterocycles. The number of thiazole rings is 1. The number of nitrogens with zero attached hydrogens (tertiary/aromatic N) is 1. The zero-order chi connectivity index (χ0) is 11.3. The van der Waals surface area contributed by atoms with Crippen molar-refractivity contribution in [2.24, 2.45) is 0 Å². The van der Waals surface area contributed by atoms with Crippen molar-refractivity contribution in [3.05, 3.63) is 34.1 Å². The van der Waals surface area contributed by atoms with Crippen molar-refractivity contribution in [3.63, 3.8) is 0 Å². The zero-order valence-corrected chi connectivity index (χ0v) is 9.97. The van der Waals surface area contributed by atoms with Crippen LogP contribution < -0.4 is 4.87 Å². The highest BCUT2D eigenvalue weighted by molar-refractivity contribution is 7.16. The van der Waals surface area contributed by atoms with Gasteiger partial charge in [-0.1, -0.05) is 11.3 Å². The monoisotopic (exact) mass is 232 g/mol. The molecular formula is C12H12N2OS. The first-order chi connectivity index (χ1) is 7.65. The van der Waals surface area contributed by atoms with Crippen LogP contribution >= 0.6 is 11.3 Å². The van der Waals surface area contributed by atoms with E-state index in [1.807, 2.05) is 0 Å². The normalized spacial score (nSPS) is 11.9. The fourth-order valence-electron chi connectivity index (χ4n) is 2.05. The van der Waals surface area contributed by atoms with Crippen LogP contribution in [0.3, 0.4) is 0 Å². The van der Waals surface area contributed by atoms with E-state index in [9.17, 15) is 4.79 Å². The summed E-state index contributed by atoms with van der Waals surface area (Å²) in [6, 6.07) is 6.66. The molecule has 16 heavy (non-hydrogen) atoms. The average Bonchev–Trinajstić information content (AvgIpc) is 2.74. The number of benzene rings is 1. The number of aromatic nitrogens is 2. The molecule has 0 saturated carbocycles. The topological polar surface area (TPSA) is 37.8 Å². The van der Waals surface area contributed by atoms with E-state index >= 15 is 0 Å². The van der Waals surface area contributed by atoms with Crippen molar-refractivity contribution in [2.75, 3.05) is 0 Å². The molecule has 0 atom stereocenters. The van der Waals surface area contributed by atoms with Crippen molar-refractivity contribution >= 4 is 32.5 Å². The van der Waals surface area contributed by atoms with E-state index in [2.05, 4.69) is 47.8 Å². The second-order valence-corrected chi connectivity index (χ2v) is 5.25. The maximum Gasteiger partial charge on any atom is 0.305 e. The molecule has 0 aliphatic rings. The maximum atomic E-state index is 11.3. The van der Waals surface area contributed by atoms with Gasteiger partial charge in [0.05, 0.1) is 15.7 Å². The predicted octanol–water partition coefficient (Wildman–Crippen LogP) is 3.13. The van der Waals surface area contributed by atoms with E-state index in [-0.39, 0.29) is 4.87 Å². The van der Waals surface area contributed by atoms with Crippen molar-refractivity contribution in [1.82, 2.24) is 9.55 Å². The van der Waals surface area contributed by atoms with Gasteiger partial charge < -0.3 is 9.55 Å². The summed E-state index contributed by atoms with van der Waals surface area (Å²) in [5.41, 5.74) is 2.11. The lowest BCUT2D eigenvalue weighted by Crippen LogP contribution is -1.97. The molecule has 0 fully saturated rings. The minimum absolute atomic E-state index is 0.0127. The van der Waals surface area contributed by atoms with Crippen molar-refractivity contribution in [1.29, 1.82) is 0 Å². The lowest BCUT2D eigenvalue weighted by molar-refractivity contribution is 0.623. The van der Waals surface area contributed by atoms with Crippen LogP contribution in [-0.4, -0.2) is 9.55 Å². The molecule has 0 radical (unpaired) electrons. The van der Waals surface area contributed by atoms with Gasteiger partial charge in [-0.15, -0.1) is 0 Å². The fraction of sp³-hybridized carbons (Fsp3) is 0.250. The highest BCUT2D eigenvalue weighted by atomic mass is 32.1. The standard InChI is InChI=1S/C12H12N2OS/c1-7(2)14-4-3-8-5-11-9(6-10(8)14)13-12(15)16-11/h3-7H,1-2H3,(H,13,15). The van der Waals surface area contributed by atoms with Crippen LogP contribution in [0.2, 0.25) is 0 Å². The van der Waals surface area contributed by atoms with E-state index in [1.165, 1.54) is 22.2 Å². The Morgan fingerprint density at radius 1 is 1.38 bits per heavy atom. The third kappa shape index (κ3) is 1.30. The van der Waals surface area contributed by atoms with Gasteiger partial charge in [-0.25, -0.2) is 0 Å². The number of rotatable bonds is 1. The van der Waals surface area contributed by atoms with Crippen LogP contribution in [-0.2, 0) is 0 Å². The zero-order valence-electron chi connectivity index (χ0n) is 9.15. The largest absolute Gasteiger partial charge is 0.345 e. The summed E-state index contributed by atoms with van der Waals surface area (Å²) in [4.78, 5) is 14.1. The summed E-state index contributed by atoms with van der Waals surface area (Å²) in [6.07, 6.45) is 2.09. The third-order valence-corrected chi connectivity index (χ3v) is 3.66. The fourth-order valence-corrected chi connectivity index (χ4v) is 2.82. The molecule has 0 bridgehead atoms. The van der Waals surface area contributed by atoms with Gasteiger partial charge >= 0.3 is 4.87 Å². The molecule has 3 aromatic rings. The molecule has 0 saturated heterocycles. The first-order valence-electron chi connectivity index (χ1n) is 5.28. The summed E-state index contributed by atoms with van der Waals surface area (Å²) >= 11 is 1.26. The lowest BCUT2D eigenvalue weighted by Gasteiger charge is -2.08. The Morgan fingerprint density at radius 3 is 2.94 bits per heavy atom. The molecule has 0 spiro atoms. The van der Waals surface area contributed by atoms with Gasteiger partial charge in [0.15, 0.2) is 0 Å². The highest BCUT2D eigenvalue weighted by Crippen LogP contribution is 2.25. The molecule has 2 heterocycles. The van der Waals surface area contributed by atoms with E-state index in [1.54, 1.807) is 0 Å². The number of nitrogens with one attached hydrogen (secondary N) is 1. The van der Waals surface area contributed by atoms with E-state index in [4.69, 9.17) is 0 Å². The van der Waals surface area contributed by atoms with Crippen LogP contribution in [0.15, 0.2) is 29.2 Å². The van der Waals surface area contributed by atoms with Gasteiger partial charge in [0.2, 0.25) is 0 Å². The Balaban J connectivity index is 2.43. The van der Waals surface area contributed by atoms with Crippen LogP contribution in [0.4, 0.5) is 0 Å². The first kappa shape index (κ1) is 9.66. The SMILES string of the molecule is CC(C)n1ccc2cc3sc(=O)[nH]c3cc21. The minimum atomic E-state index is 0.0127. The molecule has 0 amide bonds. The second kappa shape index (κ2) is 3.22. The summed E-state index contributed by atoms with van der Waals surface area (Å²) in [6.45, 7) is 4.31. The molecule has 4 heteroatoms. The van der Waals surface area contributed by atoms with Gasteiger partial charge in [-0.2, -0.15) is 0 Å². The summed E-state index contributed by atoms with van der Waals surface area (Å²) < 4.78 is 3.24. The number of aromatic amines is 1. The summed E-state index contributed by atoms with van der Waals surface area (Å²) in [7, 11) is 0. The molecular weight excluding hydrogens is 220 g/mol. The number of H-pyrrole nitrogens is 1. The number of hydrogen-bond donors (Lipinski definition) is 1. The van der Waals surface area contributed by atoms with Gasteiger partial charge in [-0.05, 0) is 32.0 Å². The minimum Gasteiger partial charge on any atom is -0.345 e. The predicted molar refractivity (Wildman–Crippen MR) is 68.3 cm³/mol. The Hall–Kier alpha value is -1.55. The molecule has 3 rings (SSSR count). The van der Waals surface area contributed by atoms with Crippen molar-refractivity contribution in [2.45, 2.75) is 19.9 Å². The van der Waals surface area contributed by atoms with Crippen LogP contribution in [0.5, 0.6) is 0 Å². The van der Waals surface area contributed by atoms with Crippen molar-refractivity contribution < 1.29 is 0 Å². The van der Waals surface area contributed by atoms with Gasteiger partial charge in [0.25, 0.3) is 0 Å². The molecule has 1 aromatic carbocycles. The number of hydrogen-bond acceptors (Lipinski definition) is 2. The van der Waals surface area contributed by atoms with Gasteiger partial charge in [0.1, 0.15) is 0 Å². The Labute approximate surface area is 96.3 Å². The first-order valence-corrected chi connectivity index (χ1v) is 6.10. The molecule has 0 unspecified atom stereocenters. The van der Waals surface area contributed by atoms with Crippen LogP contribution in [0.25, 0.3) is 21.1 Å². The van der Waals surface area contributed by atoms with E-state index in [0.29, 0.717) is 6.04 Å². The lowest BCUT2D eigenvalue weighted by atomic mass is 10.2. The van der Waals surface area contributed by atoms with Gasteiger partial charge in [0, 0.05) is 17.6 Å². The molecule has 0 aliphatic carbocycles. The molecule has 1 N–H and O–H groups in total. The van der Waals surface area contributed by atoms with E-state index < -0.39 is 0 Å². The molecule has 2 aromatic heterocycles. The summed E-state index contributed by atoms with van der Waals surface area (Å²) in [5.74, 6) is 0. The molecule has 3 nitrogen and oxygen atoms in total. The third-order valence-electron chi connectivity index (χ3n) is 2.82. The summed E-state index contributed by atoms with van der Waals surface area (Å²) in [5, 5.41) is 1.19. The van der Waals surface area contributed by atoms with Crippen molar-refractivity contribution in [3.8, 4) is 0 Å². The maximum absolute atomic E-state index is 11.3. The smallest absolute Gasteiger partial charge is 0.305 e. The van der Waals surface area contributed by atoms with Gasteiger partial charge in [-0.3, -0.25) is 4.79 Å². The quantitative estimate of drug-likeness (QED) is 0.687. The average molecular weight is 232 g/mol. The molecule has 82 valence electrons. The van der Waals surface area contributed by atoms with E-state index in [0.717, 1.165) is 10.2 Å². The highest BCUT2D eigenvalue weighted by Gasteiger charge is 2.07. The number of fused-ring (bicyclic) bond motifs is 2. The Kier molecular flexibility index (Phi) is 1.94. The van der Waals surface area contributed by atoms with Crippen LogP contribution in [0.1, 0.15) is 19.9 Å². The Morgan fingerprint density at radius 2 is 2.19 bits per heavy atom.